The minimum atomic E-state index is -3.54. The molecule has 0 saturated carbocycles. The third-order valence-electron chi connectivity index (χ3n) is 2.12. The Morgan fingerprint density at radius 2 is 1.82 bits per heavy atom. The number of rotatable bonds is 5. The summed E-state index contributed by atoms with van der Waals surface area (Å²) in [4.78, 5) is 0.710. The molecule has 1 aromatic carbocycles. The van der Waals surface area contributed by atoms with E-state index >= 15 is 0 Å². The van der Waals surface area contributed by atoms with E-state index in [2.05, 4.69) is 9.05 Å². The largest absolute Gasteiger partial charge is 0.529 e. The van der Waals surface area contributed by atoms with Crippen LogP contribution >= 0.6 is 7.82 Å². The van der Waals surface area contributed by atoms with E-state index in [-0.39, 0.29) is 0 Å². The topological polar surface area (TPSA) is 61.8 Å². The molecule has 96 valence electrons. The van der Waals surface area contributed by atoms with Gasteiger partial charge in [-0.2, -0.15) is 0 Å². The molecule has 7 heteroatoms. The first-order chi connectivity index (χ1) is 7.91. The van der Waals surface area contributed by atoms with E-state index in [1.807, 2.05) is 0 Å². The second-order valence-electron chi connectivity index (χ2n) is 3.29. The first-order valence-corrected chi connectivity index (χ1v) is 7.79. The van der Waals surface area contributed by atoms with Gasteiger partial charge >= 0.3 is 7.82 Å². The zero-order valence-electron chi connectivity index (χ0n) is 10.1. The van der Waals surface area contributed by atoms with Crippen LogP contribution < -0.4 is 4.52 Å². The van der Waals surface area contributed by atoms with Gasteiger partial charge in [0.05, 0.1) is 10.8 Å². The molecule has 0 aromatic heterocycles. The Labute approximate surface area is 103 Å². The third-order valence-corrected chi connectivity index (χ3v) is 4.53. The van der Waals surface area contributed by atoms with Gasteiger partial charge in [-0.15, -0.1) is 0 Å². The number of hydrogen-bond acceptors (Lipinski definition) is 5. The highest BCUT2D eigenvalue weighted by Gasteiger charge is 2.24. The molecule has 0 N–H and O–H groups in total. The van der Waals surface area contributed by atoms with E-state index in [0.29, 0.717) is 10.6 Å². The lowest BCUT2D eigenvalue weighted by Crippen LogP contribution is -1.98. The summed E-state index contributed by atoms with van der Waals surface area (Å²) in [7, 11) is -2.11. The van der Waals surface area contributed by atoms with Gasteiger partial charge in [-0.1, -0.05) is 0 Å². The first kappa shape index (κ1) is 14.4. The minimum Gasteiger partial charge on any atom is -0.404 e. The molecule has 5 nitrogen and oxygen atoms in total. The van der Waals surface area contributed by atoms with E-state index in [9.17, 15) is 8.77 Å². The smallest absolute Gasteiger partial charge is 0.404 e. The van der Waals surface area contributed by atoms with Gasteiger partial charge in [0.2, 0.25) is 0 Å². The van der Waals surface area contributed by atoms with Gasteiger partial charge in [0.15, 0.2) is 0 Å². The van der Waals surface area contributed by atoms with Crippen LogP contribution in [0.25, 0.3) is 0 Å². The molecule has 0 spiro atoms. The minimum absolute atomic E-state index is 0.351. The fourth-order valence-electron chi connectivity index (χ4n) is 1.28. The van der Waals surface area contributed by atoms with Gasteiger partial charge < -0.3 is 4.52 Å². The van der Waals surface area contributed by atoms with Crippen molar-refractivity contribution in [3.8, 4) is 5.75 Å². The molecule has 0 fully saturated rings. The summed E-state index contributed by atoms with van der Waals surface area (Å²) in [5.74, 6) is 0.351. The van der Waals surface area contributed by atoms with Crippen molar-refractivity contribution in [2.24, 2.45) is 0 Å². The Morgan fingerprint density at radius 1 is 1.24 bits per heavy atom. The van der Waals surface area contributed by atoms with Gasteiger partial charge in [-0.25, -0.2) is 4.57 Å². The average Bonchev–Trinajstić information content (AvgIpc) is 2.28. The van der Waals surface area contributed by atoms with Crippen LogP contribution in [-0.4, -0.2) is 24.7 Å². The predicted octanol–water partition coefficient (Wildman–Crippen LogP) is 2.51. The lowest BCUT2D eigenvalue weighted by atomic mass is 10.2. The van der Waals surface area contributed by atoms with E-state index in [0.717, 1.165) is 5.56 Å². The van der Waals surface area contributed by atoms with Gasteiger partial charge in [0.1, 0.15) is 5.75 Å². The highest BCUT2D eigenvalue weighted by atomic mass is 32.2. The Kier molecular flexibility index (Phi) is 4.89. The predicted molar refractivity (Wildman–Crippen MR) is 65.8 cm³/mol. The monoisotopic (exact) mass is 278 g/mol. The quantitative estimate of drug-likeness (QED) is 0.774. The molecule has 0 unspecified atom stereocenters. The van der Waals surface area contributed by atoms with Crippen molar-refractivity contribution < 1.29 is 22.3 Å². The maximum absolute atomic E-state index is 11.7. The third kappa shape index (κ3) is 3.64. The van der Waals surface area contributed by atoms with E-state index in [1.54, 1.807) is 31.4 Å². The average molecular weight is 278 g/mol. The fourth-order valence-corrected chi connectivity index (χ4v) is 2.72. The molecule has 1 aromatic rings. The zero-order chi connectivity index (χ0) is 13.1. The van der Waals surface area contributed by atoms with Crippen molar-refractivity contribution in [2.45, 2.75) is 11.8 Å². The van der Waals surface area contributed by atoms with E-state index in [4.69, 9.17) is 4.52 Å². The number of benzene rings is 1. The SMILES string of the molecule is COP(=O)(OC)Oc1ccc([S@](C)=O)c(C)c1. The van der Waals surface area contributed by atoms with Crippen LogP contribution in [0, 0.1) is 6.92 Å². The Bertz CT molecular complexity index is 466. The molecule has 0 amide bonds. The maximum Gasteiger partial charge on any atom is 0.529 e. The first-order valence-electron chi connectivity index (χ1n) is 4.77. The lowest BCUT2D eigenvalue weighted by Gasteiger charge is -2.15. The maximum atomic E-state index is 11.7. The van der Waals surface area contributed by atoms with Gasteiger partial charge in [-0.05, 0) is 30.7 Å². The summed E-state index contributed by atoms with van der Waals surface area (Å²) in [6.07, 6.45) is 1.60. The number of aryl methyl sites for hydroxylation is 1. The summed E-state index contributed by atoms with van der Waals surface area (Å²) in [5, 5.41) is 0. The molecule has 0 aliphatic heterocycles. The van der Waals surface area contributed by atoms with Gasteiger partial charge in [0, 0.05) is 25.4 Å². The van der Waals surface area contributed by atoms with Gasteiger partial charge in [-0.3, -0.25) is 13.3 Å². The van der Waals surface area contributed by atoms with Crippen molar-refractivity contribution in [2.75, 3.05) is 20.5 Å². The molecule has 1 rings (SSSR count). The van der Waals surface area contributed by atoms with Crippen LogP contribution in [0.2, 0.25) is 0 Å². The summed E-state index contributed by atoms with van der Waals surface area (Å²) < 4.78 is 37.5. The summed E-state index contributed by atoms with van der Waals surface area (Å²) >= 11 is 0. The number of hydrogen-bond donors (Lipinski definition) is 0. The molecule has 0 bridgehead atoms. The normalized spacial score (nSPS) is 13.4. The van der Waals surface area contributed by atoms with Crippen molar-refractivity contribution in [1.29, 1.82) is 0 Å². The van der Waals surface area contributed by atoms with Crippen molar-refractivity contribution in [3.63, 3.8) is 0 Å². The molecule has 0 aliphatic rings. The summed E-state index contributed by atoms with van der Waals surface area (Å²) in [6.45, 7) is 1.80. The number of phosphoric ester groups is 1. The van der Waals surface area contributed by atoms with Crippen molar-refractivity contribution in [3.05, 3.63) is 23.8 Å². The molecule has 1 atom stereocenters. The Morgan fingerprint density at radius 3 is 2.24 bits per heavy atom. The van der Waals surface area contributed by atoms with Crippen LogP contribution in [0.3, 0.4) is 0 Å². The fraction of sp³-hybridized carbons (Fsp3) is 0.400. The molecular weight excluding hydrogens is 263 g/mol. The molecule has 0 heterocycles. The van der Waals surface area contributed by atoms with Crippen LogP contribution in [0.5, 0.6) is 5.75 Å². The zero-order valence-corrected chi connectivity index (χ0v) is 11.8. The summed E-state index contributed by atoms with van der Waals surface area (Å²) in [6, 6.07) is 4.88. The highest BCUT2D eigenvalue weighted by molar-refractivity contribution is 7.84. The van der Waals surface area contributed by atoms with Crippen molar-refractivity contribution >= 4 is 18.6 Å². The standard InChI is InChI=1S/C10H15O5PS/c1-8-7-9(5-6-10(8)17(4)12)15-16(11,13-2)14-3/h5-7H,1-4H3/t17-/m0/s1. The van der Waals surface area contributed by atoms with Crippen LogP contribution in [0.4, 0.5) is 0 Å². The molecule has 17 heavy (non-hydrogen) atoms. The Balaban J connectivity index is 2.99. The van der Waals surface area contributed by atoms with E-state index in [1.165, 1.54) is 14.2 Å². The second-order valence-corrected chi connectivity index (χ2v) is 6.44. The molecule has 0 radical (unpaired) electrons. The lowest BCUT2D eigenvalue weighted by molar-refractivity contribution is 0.211. The second kappa shape index (κ2) is 5.78. The highest BCUT2D eigenvalue weighted by Crippen LogP contribution is 2.47. The van der Waals surface area contributed by atoms with E-state index < -0.39 is 18.6 Å². The van der Waals surface area contributed by atoms with Crippen LogP contribution in [0.15, 0.2) is 23.1 Å². The van der Waals surface area contributed by atoms with Crippen LogP contribution in [0.1, 0.15) is 5.56 Å². The number of phosphoric acid groups is 1. The summed E-state index contributed by atoms with van der Waals surface area (Å²) in [5.41, 5.74) is 0.794. The molecule has 0 aliphatic carbocycles. The van der Waals surface area contributed by atoms with Crippen LogP contribution in [-0.2, 0) is 24.4 Å². The van der Waals surface area contributed by atoms with Crippen molar-refractivity contribution in [1.82, 2.24) is 0 Å². The molecular formula is C10H15O5PS. The molecule has 0 saturated heterocycles. The van der Waals surface area contributed by atoms with Gasteiger partial charge in [0.25, 0.3) is 0 Å². The Hall–Kier alpha value is -0.680.